The lowest BCUT2D eigenvalue weighted by atomic mass is 9.37. The second kappa shape index (κ2) is 6.80. The second-order valence-corrected chi connectivity index (χ2v) is 13.7. The number of hydrogen-bond donors (Lipinski definition) is 0. The number of allylic oxidation sites excluding steroid dienone is 2. The monoisotopic (exact) mass is 424 g/mol. The molecule has 0 aromatic carbocycles. The molecule has 0 aromatic rings. The zero-order valence-electron chi connectivity index (χ0n) is 20.9. The summed E-state index contributed by atoms with van der Waals surface area (Å²) in [6.45, 7) is 14.7. The standard InChI is InChI=1S/C29H44O2/c1-18(2)24-21(31)16-29(17-30)15-10-20-19(25(24)29)8-9-23-27(20,5)14-11-22-26(3,4)12-7-13-28(22,23)6/h17-20,22-23H,7-16H2,1-6H3. The lowest BCUT2D eigenvalue weighted by Gasteiger charge is -2.68. The van der Waals surface area contributed by atoms with Crippen LogP contribution in [0.2, 0.25) is 0 Å². The van der Waals surface area contributed by atoms with E-state index in [1.54, 1.807) is 0 Å². The SMILES string of the molecule is CC(C)C1=C2C3CCC4C(C)(CCC5C(C)(C)CCCC54C)C3CCC2(C=O)CC1=O. The Bertz CT molecular complexity index is 834. The summed E-state index contributed by atoms with van der Waals surface area (Å²) in [5.74, 6) is 3.26. The molecule has 0 saturated heterocycles. The first-order valence-electron chi connectivity index (χ1n) is 13.2. The van der Waals surface area contributed by atoms with Crippen molar-refractivity contribution in [2.45, 2.75) is 106 Å². The van der Waals surface area contributed by atoms with Gasteiger partial charge in [-0.25, -0.2) is 0 Å². The van der Waals surface area contributed by atoms with E-state index in [1.165, 1.54) is 56.8 Å². The van der Waals surface area contributed by atoms with Gasteiger partial charge in [-0.05, 0) is 108 Å². The van der Waals surface area contributed by atoms with Crippen molar-refractivity contribution in [1.82, 2.24) is 0 Å². The first kappa shape index (κ1) is 21.9. The van der Waals surface area contributed by atoms with Gasteiger partial charge in [0.15, 0.2) is 5.78 Å². The molecule has 0 radical (unpaired) electrons. The van der Waals surface area contributed by atoms with Gasteiger partial charge in [-0.2, -0.15) is 0 Å². The van der Waals surface area contributed by atoms with Crippen LogP contribution < -0.4 is 0 Å². The molecule has 0 heterocycles. The fraction of sp³-hybridized carbons (Fsp3) is 0.862. The summed E-state index contributed by atoms with van der Waals surface area (Å²) < 4.78 is 0. The van der Waals surface area contributed by atoms with E-state index in [0.717, 1.165) is 30.3 Å². The van der Waals surface area contributed by atoms with Crippen molar-refractivity contribution in [2.24, 2.45) is 51.2 Å². The molecule has 5 aliphatic carbocycles. The van der Waals surface area contributed by atoms with Crippen molar-refractivity contribution in [3.8, 4) is 0 Å². The Labute approximate surface area is 190 Å². The minimum atomic E-state index is -0.463. The molecule has 0 aromatic heterocycles. The Morgan fingerprint density at radius 3 is 2.29 bits per heavy atom. The predicted molar refractivity (Wildman–Crippen MR) is 125 cm³/mol. The molecule has 2 heteroatoms. The molecule has 172 valence electrons. The first-order valence-corrected chi connectivity index (χ1v) is 13.2. The molecule has 5 rings (SSSR count). The Hall–Kier alpha value is -0.920. The molecular weight excluding hydrogens is 380 g/mol. The van der Waals surface area contributed by atoms with Crippen LogP contribution in [-0.2, 0) is 9.59 Å². The van der Waals surface area contributed by atoms with Gasteiger partial charge in [0.25, 0.3) is 0 Å². The van der Waals surface area contributed by atoms with Crippen molar-refractivity contribution in [3.63, 3.8) is 0 Å². The zero-order chi connectivity index (χ0) is 22.4. The van der Waals surface area contributed by atoms with Gasteiger partial charge in [0.1, 0.15) is 6.29 Å². The minimum Gasteiger partial charge on any atom is -0.302 e. The van der Waals surface area contributed by atoms with E-state index in [0.29, 0.717) is 34.5 Å². The number of hydrogen-bond acceptors (Lipinski definition) is 2. The third-order valence-electron chi connectivity index (χ3n) is 11.6. The molecule has 7 atom stereocenters. The van der Waals surface area contributed by atoms with E-state index in [1.807, 2.05) is 0 Å². The third kappa shape index (κ3) is 2.75. The normalized spacial score (nSPS) is 48.7. The van der Waals surface area contributed by atoms with Crippen LogP contribution in [0.4, 0.5) is 0 Å². The Kier molecular flexibility index (Phi) is 4.80. The quantitative estimate of drug-likeness (QED) is 0.440. The summed E-state index contributed by atoms with van der Waals surface area (Å²) in [6, 6.07) is 0. The smallest absolute Gasteiger partial charge is 0.160 e. The van der Waals surface area contributed by atoms with Crippen LogP contribution >= 0.6 is 0 Å². The van der Waals surface area contributed by atoms with Gasteiger partial charge in [0.05, 0.1) is 5.41 Å². The van der Waals surface area contributed by atoms with Crippen LogP contribution in [0.5, 0.6) is 0 Å². The van der Waals surface area contributed by atoms with Gasteiger partial charge in [-0.15, -0.1) is 0 Å². The van der Waals surface area contributed by atoms with Crippen molar-refractivity contribution in [1.29, 1.82) is 0 Å². The van der Waals surface area contributed by atoms with Crippen molar-refractivity contribution < 1.29 is 9.59 Å². The van der Waals surface area contributed by atoms with Gasteiger partial charge in [0.2, 0.25) is 0 Å². The summed E-state index contributed by atoms with van der Waals surface area (Å²) in [7, 11) is 0. The van der Waals surface area contributed by atoms with Crippen molar-refractivity contribution >= 4 is 12.1 Å². The highest BCUT2D eigenvalue weighted by molar-refractivity contribution is 6.03. The summed E-state index contributed by atoms with van der Waals surface area (Å²) in [6.07, 6.45) is 13.0. The fourth-order valence-corrected chi connectivity index (χ4v) is 10.6. The Balaban J connectivity index is 1.57. The molecule has 4 fully saturated rings. The van der Waals surface area contributed by atoms with Gasteiger partial charge >= 0.3 is 0 Å². The number of carbonyl (C=O) groups is 2. The fourth-order valence-electron chi connectivity index (χ4n) is 10.6. The molecule has 0 amide bonds. The molecule has 0 spiro atoms. The third-order valence-corrected chi connectivity index (χ3v) is 11.6. The molecule has 0 aliphatic heterocycles. The topological polar surface area (TPSA) is 34.1 Å². The van der Waals surface area contributed by atoms with E-state index in [9.17, 15) is 9.59 Å². The maximum absolute atomic E-state index is 13.1. The maximum Gasteiger partial charge on any atom is 0.160 e. The van der Waals surface area contributed by atoms with Gasteiger partial charge in [-0.1, -0.05) is 48.0 Å². The van der Waals surface area contributed by atoms with Crippen molar-refractivity contribution in [2.75, 3.05) is 0 Å². The molecule has 2 nitrogen and oxygen atoms in total. The van der Waals surface area contributed by atoms with Crippen LogP contribution in [0, 0.1) is 51.2 Å². The highest BCUT2D eigenvalue weighted by Gasteiger charge is 2.65. The molecule has 0 N–H and O–H groups in total. The Morgan fingerprint density at radius 2 is 1.61 bits per heavy atom. The van der Waals surface area contributed by atoms with Gasteiger partial charge in [0, 0.05) is 6.42 Å². The summed E-state index contributed by atoms with van der Waals surface area (Å²) in [5.41, 5.74) is 3.18. The number of ketones is 1. The number of carbonyl (C=O) groups excluding carboxylic acids is 2. The van der Waals surface area contributed by atoms with Crippen LogP contribution in [0.25, 0.3) is 0 Å². The van der Waals surface area contributed by atoms with Crippen LogP contribution in [0.3, 0.4) is 0 Å². The number of Topliss-reactive ketones (excluding diaryl/α,β-unsaturated/α-hetero) is 1. The lowest BCUT2D eigenvalue weighted by molar-refractivity contribution is -0.178. The van der Waals surface area contributed by atoms with E-state index in [-0.39, 0.29) is 11.7 Å². The minimum absolute atomic E-state index is 0.237. The number of fused-ring (bicyclic) bond motifs is 7. The highest BCUT2D eigenvalue weighted by Crippen LogP contribution is 2.72. The van der Waals surface area contributed by atoms with E-state index in [4.69, 9.17) is 0 Å². The van der Waals surface area contributed by atoms with E-state index >= 15 is 0 Å². The zero-order valence-corrected chi connectivity index (χ0v) is 20.9. The highest BCUT2D eigenvalue weighted by atomic mass is 16.1. The van der Waals surface area contributed by atoms with E-state index in [2.05, 4.69) is 41.5 Å². The molecular formula is C29H44O2. The van der Waals surface area contributed by atoms with E-state index < -0.39 is 5.41 Å². The number of rotatable bonds is 2. The van der Waals surface area contributed by atoms with Gasteiger partial charge in [-0.3, -0.25) is 4.79 Å². The van der Waals surface area contributed by atoms with Crippen LogP contribution in [0.15, 0.2) is 11.1 Å². The molecule has 31 heavy (non-hydrogen) atoms. The summed E-state index contributed by atoms with van der Waals surface area (Å²) in [5, 5.41) is 0. The van der Waals surface area contributed by atoms with Crippen LogP contribution in [0.1, 0.15) is 106 Å². The molecule has 5 aliphatic rings. The first-order chi connectivity index (χ1) is 14.5. The maximum atomic E-state index is 13.1. The Morgan fingerprint density at radius 1 is 0.871 bits per heavy atom. The lowest BCUT2D eigenvalue weighted by Crippen LogP contribution is -2.60. The number of aldehydes is 1. The molecule has 7 unspecified atom stereocenters. The predicted octanol–water partition coefficient (Wildman–Crippen LogP) is 7.17. The average Bonchev–Trinajstić information content (AvgIpc) is 2.99. The van der Waals surface area contributed by atoms with Crippen molar-refractivity contribution in [3.05, 3.63) is 11.1 Å². The molecule has 4 saturated carbocycles. The second-order valence-electron chi connectivity index (χ2n) is 13.7. The van der Waals surface area contributed by atoms with Gasteiger partial charge < -0.3 is 4.79 Å². The average molecular weight is 425 g/mol. The van der Waals surface area contributed by atoms with Crippen LogP contribution in [-0.4, -0.2) is 12.1 Å². The molecule has 0 bridgehead atoms. The largest absolute Gasteiger partial charge is 0.302 e. The summed E-state index contributed by atoms with van der Waals surface area (Å²) >= 11 is 0. The summed E-state index contributed by atoms with van der Waals surface area (Å²) in [4.78, 5) is 25.5.